The van der Waals surface area contributed by atoms with Crippen LogP contribution in [-0.2, 0) is 4.74 Å². The fourth-order valence-electron chi connectivity index (χ4n) is 4.03. The molecule has 2 rings (SSSR count). The number of morpholine rings is 1. The molecule has 0 radical (unpaired) electrons. The van der Waals surface area contributed by atoms with Gasteiger partial charge < -0.3 is 14.5 Å². The maximum Gasteiger partial charge on any atom is 0.228 e. The van der Waals surface area contributed by atoms with E-state index < -0.39 is 0 Å². The van der Waals surface area contributed by atoms with Crippen LogP contribution in [0.4, 0.5) is 0 Å². The fourth-order valence-corrected chi connectivity index (χ4v) is 4.03. The molecule has 7 heteroatoms. The molecule has 0 atom stereocenters. The zero-order valence-electron chi connectivity index (χ0n) is 19.1. The lowest BCUT2D eigenvalue weighted by molar-refractivity contribution is -0.0306. The van der Waals surface area contributed by atoms with E-state index >= 15 is 0 Å². The number of aliphatic imine (C=N–C) groups is 2. The van der Waals surface area contributed by atoms with Gasteiger partial charge in [0.2, 0.25) is 5.96 Å². The molecule has 0 amide bonds. The molecule has 2 heterocycles. The van der Waals surface area contributed by atoms with Gasteiger partial charge in [0.25, 0.3) is 0 Å². The Morgan fingerprint density at radius 3 is 2.18 bits per heavy atom. The molecule has 2 aliphatic rings. The van der Waals surface area contributed by atoms with Gasteiger partial charge >= 0.3 is 0 Å². The number of nitrogens with one attached hydrogen (secondary N) is 1. The topological polar surface area (TPSA) is 67.5 Å². The Morgan fingerprint density at radius 2 is 1.68 bits per heavy atom. The zero-order valence-corrected chi connectivity index (χ0v) is 19.1. The summed E-state index contributed by atoms with van der Waals surface area (Å²) in [5, 5.41) is 8.16. The number of rotatable bonds is 3. The predicted octanol–water partition coefficient (Wildman–Crippen LogP) is 2.92. The number of nitrogens with zero attached hydrogens (tertiary/aromatic N) is 5. The number of likely N-dealkylation sites (tertiary alicyclic amines) is 1. The summed E-state index contributed by atoms with van der Waals surface area (Å²) in [6.45, 7) is 16.1. The number of hydrogen-bond acceptors (Lipinski definition) is 3. The molecule has 2 fully saturated rings. The Bertz CT molecular complexity index is 586. The van der Waals surface area contributed by atoms with E-state index in [1.165, 1.54) is 0 Å². The summed E-state index contributed by atoms with van der Waals surface area (Å²) in [6.07, 6.45) is 4.08. The van der Waals surface area contributed by atoms with E-state index in [0.717, 1.165) is 25.9 Å². The molecule has 1 N–H and O–H groups in total. The van der Waals surface area contributed by atoms with Crippen molar-refractivity contribution < 1.29 is 4.74 Å². The van der Waals surface area contributed by atoms with Gasteiger partial charge in [-0.15, -0.1) is 0 Å². The normalized spacial score (nSPS) is 24.2. The summed E-state index contributed by atoms with van der Waals surface area (Å²) in [5.41, 5.74) is 0.269. The van der Waals surface area contributed by atoms with E-state index in [1.54, 1.807) is 0 Å². The molecular formula is C21H40N6O. The average Bonchev–Trinajstić information content (AvgIpc) is 2.62. The highest BCUT2D eigenvalue weighted by Crippen LogP contribution is 2.38. The highest BCUT2D eigenvalue weighted by atomic mass is 16.5. The molecule has 28 heavy (non-hydrogen) atoms. The highest BCUT2D eigenvalue weighted by molar-refractivity contribution is 5.98. The third-order valence-corrected chi connectivity index (χ3v) is 6.28. The zero-order chi connectivity index (χ0) is 21.1. The highest BCUT2D eigenvalue weighted by Gasteiger charge is 2.43. The van der Waals surface area contributed by atoms with Crippen LogP contribution < -0.4 is 0 Å². The van der Waals surface area contributed by atoms with Gasteiger partial charge in [-0.25, -0.2) is 4.99 Å². The largest absolute Gasteiger partial charge is 0.378 e. The van der Waals surface area contributed by atoms with Crippen molar-refractivity contribution in [1.82, 2.24) is 14.7 Å². The van der Waals surface area contributed by atoms with Gasteiger partial charge in [-0.05, 0) is 47.6 Å². The van der Waals surface area contributed by atoms with Gasteiger partial charge in [0.1, 0.15) is 5.84 Å². The first kappa shape index (κ1) is 22.8. The molecule has 0 aromatic heterocycles. The van der Waals surface area contributed by atoms with Crippen LogP contribution >= 0.6 is 0 Å². The van der Waals surface area contributed by atoms with Crippen LogP contribution in [0, 0.1) is 11.3 Å². The minimum absolute atomic E-state index is 0.0828. The molecule has 0 unspecified atom stereocenters. The fraction of sp³-hybridized carbons (Fsp3) is 0.857. The molecule has 2 aliphatic heterocycles. The van der Waals surface area contributed by atoms with Crippen molar-refractivity contribution in [3.63, 3.8) is 0 Å². The quantitative estimate of drug-likeness (QED) is 0.592. The minimum atomic E-state index is 0.0828. The van der Waals surface area contributed by atoms with Crippen molar-refractivity contribution >= 4 is 18.1 Å². The van der Waals surface area contributed by atoms with Crippen molar-refractivity contribution in [2.75, 3.05) is 40.4 Å². The van der Waals surface area contributed by atoms with E-state index in [2.05, 4.69) is 61.5 Å². The van der Waals surface area contributed by atoms with Gasteiger partial charge in [0.05, 0.1) is 19.6 Å². The Morgan fingerprint density at radius 1 is 1.14 bits per heavy atom. The Balaban J connectivity index is 2.17. The van der Waals surface area contributed by atoms with Crippen molar-refractivity contribution in [3.05, 3.63) is 0 Å². The third-order valence-electron chi connectivity index (χ3n) is 6.28. The van der Waals surface area contributed by atoms with Crippen molar-refractivity contribution in [2.45, 2.75) is 71.5 Å². The number of hydrogen-bond donors (Lipinski definition) is 1. The van der Waals surface area contributed by atoms with Crippen molar-refractivity contribution in [3.8, 4) is 0 Å². The lowest BCUT2D eigenvalue weighted by Gasteiger charge is -2.55. The van der Waals surface area contributed by atoms with Crippen LogP contribution in [-0.4, -0.2) is 90.4 Å². The molecular weight excluding hydrogens is 352 g/mol. The molecule has 0 spiro atoms. The van der Waals surface area contributed by atoms with Gasteiger partial charge in [-0.3, -0.25) is 10.3 Å². The van der Waals surface area contributed by atoms with Crippen LogP contribution in [0.3, 0.4) is 0 Å². The number of amidine groups is 1. The van der Waals surface area contributed by atoms with Crippen LogP contribution in [0.1, 0.15) is 54.4 Å². The van der Waals surface area contributed by atoms with Gasteiger partial charge in [0, 0.05) is 43.2 Å². The Kier molecular flexibility index (Phi) is 7.26. The first-order valence-corrected chi connectivity index (χ1v) is 10.4. The standard InChI is InChI=1S/C21H40N6O/c1-16(2)18(22)24-19(27-9-11-28-12-10-27)23-15-25(7)17-13-20(3,4)26(8)21(5,6)14-17/h15-17,22H,9-14H2,1-8H3/b22-18?,23-15+,24-19?. The number of ether oxygens (including phenoxy) is 1. The molecule has 0 aliphatic carbocycles. The van der Waals surface area contributed by atoms with Crippen LogP contribution in [0.2, 0.25) is 0 Å². The summed E-state index contributed by atoms with van der Waals surface area (Å²) in [6, 6.07) is 0.417. The second-order valence-corrected chi connectivity index (χ2v) is 9.71. The van der Waals surface area contributed by atoms with Crippen LogP contribution in [0.25, 0.3) is 0 Å². The molecule has 0 aromatic rings. The summed E-state index contributed by atoms with van der Waals surface area (Å²) >= 11 is 0. The van der Waals surface area contributed by atoms with Crippen LogP contribution in [0.5, 0.6) is 0 Å². The smallest absolute Gasteiger partial charge is 0.228 e. The van der Waals surface area contributed by atoms with E-state index in [0.29, 0.717) is 31.1 Å². The lowest BCUT2D eigenvalue weighted by atomic mass is 9.77. The summed E-state index contributed by atoms with van der Waals surface area (Å²) < 4.78 is 5.46. The second kappa shape index (κ2) is 8.91. The molecule has 160 valence electrons. The van der Waals surface area contributed by atoms with E-state index in [-0.39, 0.29) is 17.0 Å². The first-order chi connectivity index (χ1) is 12.9. The second-order valence-electron chi connectivity index (χ2n) is 9.71. The maximum atomic E-state index is 8.16. The summed E-state index contributed by atoms with van der Waals surface area (Å²) in [5.74, 6) is 1.07. The third kappa shape index (κ3) is 5.54. The average molecular weight is 393 g/mol. The Hall–Kier alpha value is -1.47. The maximum absolute atomic E-state index is 8.16. The molecule has 0 aromatic carbocycles. The van der Waals surface area contributed by atoms with Crippen molar-refractivity contribution in [1.29, 1.82) is 5.41 Å². The van der Waals surface area contributed by atoms with Crippen molar-refractivity contribution in [2.24, 2.45) is 15.9 Å². The van der Waals surface area contributed by atoms with E-state index in [1.807, 2.05) is 20.2 Å². The molecule has 0 bridgehead atoms. The number of guanidine groups is 1. The van der Waals surface area contributed by atoms with E-state index in [9.17, 15) is 0 Å². The summed E-state index contributed by atoms with van der Waals surface area (Å²) in [4.78, 5) is 16.1. The summed E-state index contributed by atoms with van der Waals surface area (Å²) in [7, 11) is 4.33. The molecule has 0 saturated carbocycles. The van der Waals surface area contributed by atoms with Gasteiger partial charge in [-0.1, -0.05) is 13.8 Å². The van der Waals surface area contributed by atoms with Crippen LogP contribution in [0.15, 0.2) is 9.98 Å². The number of piperidine rings is 1. The Labute approximate surface area is 171 Å². The first-order valence-electron chi connectivity index (χ1n) is 10.4. The SMILES string of the molecule is CC(C)C(=N)N=C(/N=C/N(C)C1CC(C)(C)N(C)C(C)(C)C1)N1CCOCC1. The predicted molar refractivity (Wildman–Crippen MR) is 118 cm³/mol. The molecule has 2 saturated heterocycles. The monoisotopic (exact) mass is 392 g/mol. The lowest BCUT2D eigenvalue weighted by Crippen LogP contribution is -2.62. The van der Waals surface area contributed by atoms with Gasteiger partial charge in [-0.2, -0.15) is 4.99 Å². The van der Waals surface area contributed by atoms with Gasteiger partial charge in [0.15, 0.2) is 0 Å². The molecule has 7 nitrogen and oxygen atoms in total. The minimum Gasteiger partial charge on any atom is -0.378 e. The van der Waals surface area contributed by atoms with E-state index in [4.69, 9.17) is 15.1 Å².